The topological polar surface area (TPSA) is 307 Å². The zero-order valence-electron chi connectivity index (χ0n) is 72.1. The fourth-order valence-electron chi connectivity index (χ4n) is 16.4. The molecular weight excluding hydrogens is 1430 g/mol. The van der Waals surface area contributed by atoms with Gasteiger partial charge in [0.15, 0.2) is 18.9 Å². The Morgan fingerprint density at radius 2 is 0.566 bits per heavy atom. The zero-order chi connectivity index (χ0) is 81.7. The number of hydrogen-bond donors (Lipinski definition) is 12. The smallest absolute Gasteiger partial charge is 0.220 e. The number of aliphatic hydroxyl groups excluding tert-OH is 11. The maximum Gasteiger partial charge on any atom is 0.220 e. The van der Waals surface area contributed by atoms with Crippen LogP contribution >= 0.6 is 0 Å². The van der Waals surface area contributed by atoms with Crippen molar-refractivity contribution in [3.8, 4) is 0 Å². The third-order valence-electron chi connectivity index (χ3n) is 23.9. The number of nitrogens with one attached hydrogen (secondary N) is 1. The average Bonchev–Trinajstić information content (AvgIpc) is 0.780. The number of carbonyl (C=O) groups is 1. The number of allylic oxidation sites excluding steroid dienone is 5. The van der Waals surface area contributed by atoms with Crippen LogP contribution in [-0.2, 0) is 33.2 Å². The summed E-state index contributed by atoms with van der Waals surface area (Å²) in [5, 5.41) is 121. The van der Waals surface area contributed by atoms with Crippen LogP contribution in [0.15, 0.2) is 36.5 Å². The molecule has 0 radical (unpaired) electrons. The first-order valence-corrected chi connectivity index (χ1v) is 47.7. The van der Waals surface area contributed by atoms with Crippen molar-refractivity contribution in [3.05, 3.63) is 36.5 Å². The van der Waals surface area contributed by atoms with E-state index in [1.807, 2.05) is 6.08 Å². The lowest BCUT2D eigenvalue weighted by molar-refractivity contribution is -0.379. The van der Waals surface area contributed by atoms with E-state index in [1.54, 1.807) is 6.08 Å². The molecule has 3 aliphatic rings. The van der Waals surface area contributed by atoms with Crippen molar-refractivity contribution in [2.24, 2.45) is 0 Å². The summed E-state index contributed by atoms with van der Waals surface area (Å²) in [6.45, 7) is 1.79. The van der Waals surface area contributed by atoms with Crippen LogP contribution in [0, 0.1) is 0 Å². The van der Waals surface area contributed by atoms with Crippen molar-refractivity contribution in [1.29, 1.82) is 0 Å². The van der Waals surface area contributed by atoms with Gasteiger partial charge in [0.2, 0.25) is 5.91 Å². The minimum atomic E-state index is -1.98. The highest BCUT2D eigenvalue weighted by atomic mass is 16.8. The second kappa shape index (κ2) is 73.9. The lowest BCUT2D eigenvalue weighted by Gasteiger charge is -2.48. The Morgan fingerprint density at radius 3 is 0.885 bits per heavy atom. The van der Waals surface area contributed by atoms with Crippen molar-refractivity contribution < 1.29 is 89.4 Å². The van der Waals surface area contributed by atoms with Crippen LogP contribution in [-0.4, -0.2) is 193 Å². The number of unbranched alkanes of at least 4 members (excludes halogenated alkanes) is 59. The van der Waals surface area contributed by atoms with Gasteiger partial charge in [-0.15, -0.1) is 0 Å². The average molecular weight is 1610 g/mol. The van der Waals surface area contributed by atoms with E-state index < -0.39 is 124 Å². The van der Waals surface area contributed by atoms with Gasteiger partial charge in [-0.2, -0.15) is 0 Å². The van der Waals surface area contributed by atoms with Gasteiger partial charge in [0.05, 0.1) is 38.6 Å². The molecule has 0 aromatic carbocycles. The largest absolute Gasteiger partial charge is 0.394 e. The summed E-state index contributed by atoms with van der Waals surface area (Å²) in [5.41, 5.74) is 0. The summed E-state index contributed by atoms with van der Waals surface area (Å²) in [6.07, 6.45) is 69.0. The highest BCUT2D eigenvalue weighted by Crippen LogP contribution is 2.34. The lowest BCUT2D eigenvalue weighted by Crippen LogP contribution is -2.66. The Labute approximate surface area is 689 Å². The number of carbonyl (C=O) groups excluding carboxylic acids is 1. The van der Waals surface area contributed by atoms with Gasteiger partial charge >= 0.3 is 0 Å². The lowest BCUT2D eigenvalue weighted by atomic mass is 9.96. The highest BCUT2D eigenvalue weighted by Gasteiger charge is 2.54. The molecule has 0 spiro atoms. The van der Waals surface area contributed by atoms with Crippen LogP contribution in [0.25, 0.3) is 0 Å². The van der Waals surface area contributed by atoms with Crippen molar-refractivity contribution in [1.82, 2.24) is 5.32 Å². The number of aliphatic hydroxyl groups is 11. The number of rotatable bonds is 79. The molecule has 17 unspecified atom stereocenters. The predicted octanol–water partition coefficient (Wildman–Crippen LogP) is 19.0. The van der Waals surface area contributed by atoms with Gasteiger partial charge in [-0.05, 0) is 44.9 Å². The SMILES string of the molecule is CCCCCCCCCCCCCCCCCCCCCCCC/C=C/CC/C=C/CC/C=C/C(O)C(COC1OC(CO)C(OC2OC(CO)C(OC3OC(CO)C(O)C(O)C3O)C(O)C2O)C(O)C1O)NC(=O)CCCCCCCCCCCCCCCCCCCCCCCCCCCCCCCCCCCCCC. The van der Waals surface area contributed by atoms with E-state index in [4.69, 9.17) is 28.4 Å². The number of ether oxygens (including phenoxy) is 6. The molecule has 19 heteroatoms. The minimum Gasteiger partial charge on any atom is -0.394 e. The molecule has 666 valence electrons. The molecule has 19 nitrogen and oxygen atoms in total. The summed E-state index contributed by atoms with van der Waals surface area (Å²) in [4.78, 5) is 13.5. The summed E-state index contributed by atoms with van der Waals surface area (Å²) in [7, 11) is 0. The molecule has 3 heterocycles. The van der Waals surface area contributed by atoms with Gasteiger partial charge in [-0.1, -0.05) is 410 Å². The molecule has 3 aliphatic heterocycles. The van der Waals surface area contributed by atoms with Gasteiger partial charge in [-0.25, -0.2) is 0 Å². The van der Waals surface area contributed by atoms with Crippen molar-refractivity contribution in [2.75, 3.05) is 26.4 Å². The van der Waals surface area contributed by atoms with Crippen LogP contribution in [0.2, 0.25) is 0 Å². The highest BCUT2D eigenvalue weighted by molar-refractivity contribution is 5.76. The van der Waals surface area contributed by atoms with Crippen molar-refractivity contribution in [2.45, 2.75) is 529 Å². The normalized spacial score (nSPS) is 24.9. The molecule has 113 heavy (non-hydrogen) atoms. The molecule has 0 aromatic heterocycles. The van der Waals surface area contributed by atoms with Crippen molar-refractivity contribution in [3.63, 3.8) is 0 Å². The standard InChI is InChI=1S/C94H177NO18/c1-3-5-7-9-11-13-15-17-19-21-23-25-27-29-31-33-35-37-38-39-40-42-44-46-48-50-52-54-56-58-60-62-64-66-68-70-72-82(100)95-77(78(99)71-69-67-65-63-61-59-57-55-53-51-49-47-45-43-41-36-34-32-30-28-26-24-22-20-18-16-14-12-10-8-6-4-2)76-108-92-88(106)85(103)90(80(74-97)110-92)113-94-89(107)86(104)91(81(75-98)111-94)112-93-87(105)84(102)83(101)79(73-96)109-93/h53,55,61,63,69,71,77-81,83-94,96-99,101-107H,3-52,54,56-60,62,64-68,70,72-76H2,1-2H3,(H,95,100)/b55-53+,63-61+,71-69+. The summed E-state index contributed by atoms with van der Waals surface area (Å²) < 4.78 is 34.5. The maximum atomic E-state index is 13.5. The van der Waals surface area contributed by atoms with Crippen LogP contribution < -0.4 is 5.32 Å². The fourth-order valence-corrected chi connectivity index (χ4v) is 16.4. The molecule has 0 bridgehead atoms. The van der Waals surface area contributed by atoms with Crippen LogP contribution in [0.5, 0.6) is 0 Å². The third-order valence-corrected chi connectivity index (χ3v) is 23.9. The number of amides is 1. The van der Waals surface area contributed by atoms with E-state index >= 15 is 0 Å². The predicted molar refractivity (Wildman–Crippen MR) is 457 cm³/mol. The Balaban J connectivity index is 1.32. The van der Waals surface area contributed by atoms with E-state index in [9.17, 15) is 61.0 Å². The third kappa shape index (κ3) is 52.1. The van der Waals surface area contributed by atoms with E-state index in [-0.39, 0.29) is 18.9 Å². The Hall–Kier alpha value is -1.99. The van der Waals surface area contributed by atoms with Crippen molar-refractivity contribution >= 4 is 5.91 Å². The molecule has 3 rings (SSSR count). The van der Waals surface area contributed by atoms with Crippen LogP contribution in [0.1, 0.15) is 425 Å². The van der Waals surface area contributed by atoms with Crippen LogP contribution in [0.3, 0.4) is 0 Å². The molecule has 1 amide bonds. The quantitative estimate of drug-likeness (QED) is 0.0199. The molecule has 17 atom stereocenters. The second-order valence-electron chi connectivity index (χ2n) is 34.2. The Kier molecular flexibility index (Phi) is 68.8. The summed E-state index contributed by atoms with van der Waals surface area (Å²) in [5.74, 6) is -0.280. The monoisotopic (exact) mass is 1610 g/mol. The van der Waals surface area contributed by atoms with E-state index in [0.29, 0.717) is 12.8 Å². The van der Waals surface area contributed by atoms with E-state index in [2.05, 4.69) is 43.5 Å². The molecule has 0 saturated carbocycles. The molecule has 3 fully saturated rings. The zero-order valence-corrected chi connectivity index (χ0v) is 72.1. The first-order chi connectivity index (χ1) is 55.3. The second-order valence-corrected chi connectivity index (χ2v) is 34.2. The van der Waals surface area contributed by atoms with E-state index in [0.717, 1.165) is 44.9 Å². The van der Waals surface area contributed by atoms with Gasteiger partial charge in [0, 0.05) is 6.42 Å². The minimum absolute atomic E-state index is 0.237. The molecule has 12 N–H and O–H groups in total. The first kappa shape index (κ1) is 105. The summed E-state index contributed by atoms with van der Waals surface area (Å²) >= 11 is 0. The molecule has 3 saturated heterocycles. The maximum absolute atomic E-state index is 13.5. The van der Waals surface area contributed by atoms with E-state index in [1.165, 1.54) is 347 Å². The summed E-state index contributed by atoms with van der Waals surface area (Å²) in [6, 6.07) is -0.997. The van der Waals surface area contributed by atoms with Crippen LogP contribution in [0.4, 0.5) is 0 Å². The Morgan fingerprint density at radius 1 is 0.310 bits per heavy atom. The Bertz CT molecular complexity index is 2170. The van der Waals surface area contributed by atoms with Gasteiger partial charge < -0.3 is 89.9 Å². The molecule has 0 aliphatic carbocycles. The van der Waals surface area contributed by atoms with Gasteiger partial charge in [0.1, 0.15) is 73.2 Å². The first-order valence-electron chi connectivity index (χ1n) is 47.7. The molecule has 0 aromatic rings. The fraction of sp³-hybridized carbons (Fsp3) is 0.926. The number of hydrogen-bond acceptors (Lipinski definition) is 18. The van der Waals surface area contributed by atoms with Gasteiger partial charge in [0.25, 0.3) is 0 Å². The van der Waals surface area contributed by atoms with Gasteiger partial charge in [-0.3, -0.25) is 4.79 Å². The molecular formula is C94H177NO18.